The van der Waals surface area contributed by atoms with Crippen LogP contribution in [0.15, 0.2) is 65.5 Å². The van der Waals surface area contributed by atoms with Crippen molar-refractivity contribution >= 4 is 22.8 Å². The number of hydrogen-bond donors (Lipinski definition) is 3. The fraction of sp³-hybridized carbons (Fsp3) is 0.323. The van der Waals surface area contributed by atoms with E-state index in [-0.39, 0.29) is 29.2 Å². The molecule has 1 aliphatic rings. The molecule has 1 fully saturated rings. The standard InChI is InChI=1S/C31H34N4O5/c1-19-26-23(27(33-19)22-12-8-9-13-25(22)39-21-10-6-5-7-11-21)16-24(34-29(26)37)28(36)32-17-20-14-15-35(18-20)30(38)40-31(2,3)4/h5-13,16,20,33H,14-15,17-18H2,1-4H3,(H,32,36)(H,34,37). The number of ether oxygens (including phenoxy) is 2. The Balaban J connectivity index is 1.36. The van der Waals surface area contributed by atoms with Crippen LogP contribution >= 0.6 is 0 Å². The highest BCUT2D eigenvalue weighted by molar-refractivity contribution is 6.03. The van der Waals surface area contributed by atoms with Crippen LogP contribution in [-0.4, -0.2) is 52.1 Å². The maximum Gasteiger partial charge on any atom is 0.410 e. The van der Waals surface area contributed by atoms with Crippen LogP contribution in [0, 0.1) is 12.8 Å². The third-order valence-corrected chi connectivity index (χ3v) is 6.85. The molecule has 4 aromatic rings. The molecule has 3 heterocycles. The van der Waals surface area contributed by atoms with Gasteiger partial charge in [-0.2, -0.15) is 0 Å². The summed E-state index contributed by atoms with van der Waals surface area (Å²) >= 11 is 0. The average Bonchev–Trinajstić information content (AvgIpc) is 3.52. The van der Waals surface area contributed by atoms with Gasteiger partial charge in [-0.1, -0.05) is 30.3 Å². The zero-order valence-corrected chi connectivity index (χ0v) is 23.2. The van der Waals surface area contributed by atoms with Crippen molar-refractivity contribution in [3.8, 4) is 22.8 Å². The average molecular weight is 543 g/mol. The topological polar surface area (TPSA) is 117 Å². The Morgan fingerprint density at radius 3 is 2.52 bits per heavy atom. The van der Waals surface area contributed by atoms with Crippen LogP contribution in [0.2, 0.25) is 0 Å². The lowest BCUT2D eigenvalue weighted by atomic mass is 10.1. The molecule has 1 atom stereocenters. The molecule has 0 spiro atoms. The summed E-state index contributed by atoms with van der Waals surface area (Å²) < 4.78 is 11.6. The van der Waals surface area contributed by atoms with Crippen molar-refractivity contribution in [2.45, 2.75) is 39.7 Å². The fourth-order valence-corrected chi connectivity index (χ4v) is 4.98. The highest BCUT2D eigenvalue weighted by Gasteiger charge is 2.30. The Morgan fingerprint density at radius 1 is 1.05 bits per heavy atom. The minimum absolute atomic E-state index is 0.0963. The number of carbonyl (C=O) groups is 2. The molecule has 1 unspecified atom stereocenters. The van der Waals surface area contributed by atoms with Gasteiger partial charge in [0.1, 0.15) is 22.8 Å². The van der Waals surface area contributed by atoms with Crippen molar-refractivity contribution < 1.29 is 19.1 Å². The minimum Gasteiger partial charge on any atom is -0.457 e. The molecule has 208 valence electrons. The van der Waals surface area contributed by atoms with Crippen LogP contribution in [0.3, 0.4) is 0 Å². The van der Waals surface area contributed by atoms with Gasteiger partial charge in [0.15, 0.2) is 0 Å². The Kier molecular flexibility index (Phi) is 7.38. The number of fused-ring (bicyclic) bond motifs is 1. The molecule has 2 aromatic heterocycles. The summed E-state index contributed by atoms with van der Waals surface area (Å²) in [6.45, 7) is 8.80. The predicted molar refractivity (Wildman–Crippen MR) is 154 cm³/mol. The van der Waals surface area contributed by atoms with Gasteiger partial charge >= 0.3 is 6.09 Å². The number of hydrogen-bond acceptors (Lipinski definition) is 5. The number of pyridine rings is 1. The number of nitrogens with zero attached hydrogens (tertiary/aromatic N) is 1. The number of aromatic nitrogens is 2. The van der Waals surface area contributed by atoms with E-state index in [9.17, 15) is 14.4 Å². The van der Waals surface area contributed by atoms with Crippen LogP contribution in [0.5, 0.6) is 11.5 Å². The summed E-state index contributed by atoms with van der Waals surface area (Å²) in [6.07, 6.45) is 0.414. The third-order valence-electron chi connectivity index (χ3n) is 6.85. The van der Waals surface area contributed by atoms with Crippen LogP contribution in [0.1, 0.15) is 43.4 Å². The monoisotopic (exact) mass is 542 g/mol. The number of aryl methyl sites for hydroxylation is 1. The van der Waals surface area contributed by atoms with E-state index in [1.165, 1.54) is 0 Å². The van der Waals surface area contributed by atoms with E-state index in [1.54, 1.807) is 11.0 Å². The molecule has 0 radical (unpaired) electrons. The molecule has 0 aliphatic carbocycles. The molecule has 9 nitrogen and oxygen atoms in total. The molecule has 1 saturated heterocycles. The first kappa shape index (κ1) is 27.1. The zero-order valence-electron chi connectivity index (χ0n) is 23.2. The van der Waals surface area contributed by atoms with Gasteiger partial charge in [-0.3, -0.25) is 9.59 Å². The molecule has 2 aromatic carbocycles. The lowest BCUT2D eigenvalue weighted by molar-refractivity contribution is 0.0288. The van der Waals surface area contributed by atoms with Crippen molar-refractivity contribution in [3.63, 3.8) is 0 Å². The van der Waals surface area contributed by atoms with E-state index < -0.39 is 5.60 Å². The van der Waals surface area contributed by atoms with E-state index in [0.717, 1.165) is 12.0 Å². The third kappa shape index (κ3) is 5.88. The normalized spacial score (nSPS) is 15.3. The van der Waals surface area contributed by atoms with Gasteiger partial charge in [-0.25, -0.2) is 4.79 Å². The quantitative estimate of drug-likeness (QED) is 0.293. The first-order chi connectivity index (χ1) is 19.1. The molecule has 1 aliphatic heterocycles. The second-order valence-corrected chi connectivity index (χ2v) is 11.1. The molecule has 3 N–H and O–H groups in total. The number of likely N-dealkylation sites (tertiary alicyclic amines) is 1. The van der Waals surface area contributed by atoms with Crippen LogP contribution in [-0.2, 0) is 4.74 Å². The molecule has 40 heavy (non-hydrogen) atoms. The van der Waals surface area contributed by atoms with Crippen molar-refractivity contribution in [2.75, 3.05) is 19.6 Å². The first-order valence-corrected chi connectivity index (χ1v) is 13.4. The Hall–Kier alpha value is -4.53. The van der Waals surface area contributed by atoms with Gasteiger partial charge in [0.25, 0.3) is 11.5 Å². The van der Waals surface area contributed by atoms with Crippen molar-refractivity contribution in [1.29, 1.82) is 0 Å². The maximum absolute atomic E-state index is 13.1. The summed E-state index contributed by atoms with van der Waals surface area (Å²) in [5, 5.41) is 4.05. The molecular weight excluding hydrogens is 508 g/mol. The van der Waals surface area contributed by atoms with Crippen molar-refractivity contribution in [2.24, 2.45) is 5.92 Å². The molecule has 2 amide bonds. The maximum atomic E-state index is 13.1. The van der Waals surface area contributed by atoms with Crippen molar-refractivity contribution in [3.05, 3.63) is 82.4 Å². The highest BCUT2D eigenvalue weighted by atomic mass is 16.6. The van der Waals surface area contributed by atoms with E-state index in [4.69, 9.17) is 9.47 Å². The summed E-state index contributed by atoms with van der Waals surface area (Å²) in [6, 6.07) is 18.7. The number of benzene rings is 2. The smallest absolute Gasteiger partial charge is 0.410 e. The molecule has 0 bridgehead atoms. The van der Waals surface area contributed by atoms with E-state index in [2.05, 4.69) is 15.3 Å². The predicted octanol–water partition coefficient (Wildman–Crippen LogP) is 5.61. The Bertz CT molecular complexity index is 1600. The number of carbonyl (C=O) groups excluding carboxylic acids is 2. The zero-order chi connectivity index (χ0) is 28.4. The summed E-state index contributed by atoms with van der Waals surface area (Å²) in [7, 11) is 0. The Morgan fingerprint density at radius 2 is 1.77 bits per heavy atom. The number of H-pyrrole nitrogens is 2. The van der Waals surface area contributed by atoms with Crippen LogP contribution in [0.4, 0.5) is 4.79 Å². The first-order valence-electron chi connectivity index (χ1n) is 13.4. The van der Waals surface area contributed by atoms with Gasteiger partial charge < -0.3 is 29.7 Å². The second-order valence-electron chi connectivity index (χ2n) is 11.1. The molecular formula is C31H34N4O5. The number of para-hydroxylation sites is 2. The van der Waals surface area contributed by atoms with Gasteiger partial charge in [0.2, 0.25) is 0 Å². The van der Waals surface area contributed by atoms with Crippen LogP contribution < -0.4 is 15.6 Å². The van der Waals surface area contributed by atoms with Gasteiger partial charge in [-0.05, 0) is 70.4 Å². The number of rotatable bonds is 6. The lowest BCUT2D eigenvalue weighted by Gasteiger charge is -2.24. The van der Waals surface area contributed by atoms with E-state index >= 15 is 0 Å². The van der Waals surface area contributed by atoms with Gasteiger partial charge in [-0.15, -0.1) is 0 Å². The van der Waals surface area contributed by atoms with Gasteiger partial charge in [0, 0.05) is 36.3 Å². The van der Waals surface area contributed by atoms with E-state index in [1.807, 2.05) is 82.3 Å². The number of nitrogens with one attached hydrogen (secondary N) is 3. The number of aromatic amines is 2. The molecule has 9 heteroatoms. The summed E-state index contributed by atoms with van der Waals surface area (Å²) in [5.74, 6) is 1.03. The molecule has 0 saturated carbocycles. The van der Waals surface area contributed by atoms with E-state index in [0.29, 0.717) is 53.3 Å². The second kappa shape index (κ2) is 10.9. The summed E-state index contributed by atoms with van der Waals surface area (Å²) in [5.41, 5.74) is 1.43. The molecule has 5 rings (SSSR count). The largest absolute Gasteiger partial charge is 0.457 e. The van der Waals surface area contributed by atoms with Gasteiger partial charge in [0.05, 0.1) is 11.1 Å². The highest BCUT2D eigenvalue weighted by Crippen LogP contribution is 2.37. The Labute approximate surface area is 232 Å². The fourth-order valence-electron chi connectivity index (χ4n) is 4.98. The minimum atomic E-state index is -0.558. The van der Waals surface area contributed by atoms with Crippen molar-refractivity contribution in [1.82, 2.24) is 20.2 Å². The summed E-state index contributed by atoms with van der Waals surface area (Å²) in [4.78, 5) is 46.3. The lowest BCUT2D eigenvalue weighted by Crippen LogP contribution is -2.37. The van der Waals surface area contributed by atoms with Crippen LogP contribution in [0.25, 0.3) is 22.0 Å². The number of amides is 2. The SMILES string of the molecule is Cc1[nH]c(-c2ccccc2Oc2ccccc2)c2cc(C(=O)NCC3CCN(C(=O)OC(C)(C)C)C3)[nH]c(=O)c12.